The molecule has 12 heavy (non-hydrogen) atoms. The van der Waals surface area contributed by atoms with Crippen molar-refractivity contribution in [3.8, 4) is 0 Å². The molecule has 2 aromatic rings. The first-order chi connectivity index (χ1) is 5.77. The molecule has 1 heterocycles. The Bertz CT molecular complexity index is 404. The lowest BCUT2D eigenvalue weighted by Crippen LogP contribution is -1.83. The molecule has 0 N–H and O–H groups in total. The van der Waals surface area contributed by atoms with E-state index in [0.29, 0.717) is 11.5 Å². The monoisotopic (exact) mass is 197 g/mol. The molecule has 2 nitrogen and oxygen atoms in total. The van der Waals surface area contributed by atoms with Crippen LogP contribution in [0.3, 0.4) is 0 Å². The number of oxazole rings is 1. The van der Waals surface area contributed by atoms with Gasteiger partial charge in [0.15, 0.2) is 9.91 Å². The van der Waals surface area contributed by atoms with E-state index >= 15 is 0 Å². The summed E-state index contributed by atoms with van der Waals surface area (Å²) in [7, 11) is 0. The van der Waals surface area contributed by atoms with E-state index in [4.69, 9.17) is 28.2 Å². The average molecular weight is 198 g/mol. The zero-order valence-corrected chi connectivity index (χ0v) is 7.52. The summed E-state index contributed by atoms with van der Waals surface area (Å²) >= 11 is 10.3. The third-order valence-electron chi connectivity index (χ3n) is 1.46. The maximum absolute atomic E-state index is 5.55. The van der Waals surface area contributed by atoms with Crippen LogP contribution in [0, 0.1) is 0 Å². The van der Waals surface area contributed by atoms with Crippen LogP contribution in [0.1, 0.15) is 5.89 Å². The molecule has 0 amide bonds. The van der Waals surface area contributed by atoms with Gasteiger partial charge in [-0.25, -0.2) is 4.98 Å². The van der Waals surface area contributed by atoms with Gasteiger partial charge >= 0.3 is 0 Å². The van der Waals surface area contributed by atoms with E-state index in [9.17, 15) is 0 Å². The molecule has 0 aliphatic carbocycles. The molecule has 0 fully saturated rings. The summed E-state index contributed by atoms with van der Waals surface area (Å²) in [5.74, 6) is 0.313. The molecular weight excluding hydrogens is 194 g/mol. The van der Waals surface area contributed by atoms with Crippen LogP contribution in [0.5, 0.6) is 0 Å². The van der Waals surface area contributed by atoms with Gasteiger partial charge in [-0.2, -0.15) is 0 Å². The predicted molar refractivity (Wildman–Crippen MR) is 51.6 cm³/mol. The van der Waals surface area contributed by atoms with Gasteiger partial charge in [-0.1, -0.05) is 36.0 Å². The van der Waals surface area contributed by atoms with Gasteiger partial charge in [-0.15, -0.1) is 0 Å². The summed E-state index contributed by atoms with van der Waals surface area (Å²) in [6.45, 7) is 0. The molecule has 0 bridgehead atoms. The largest absolute Gasteiger partial charge is 0.435 e. The van der Waals surface area contributed by atoms with Crippen LogP contribution in [-0.4, -0.2) is 9.31 Å². The van der Waals surface area contributed by atoms with E-state index in [2.05, 4.69) is 4.98 Å². The Morgan fingerprint density at radius 2 is 2.17 bits per heavy atom. The summed E-state index contributed by atoms with van der Waals surface area (Å²) in [5, 5.41) is 0. The first-order valence-corrected chi connectivity index (χ1v) is 4.11. The molecule has 0 unspecified atom stereocenters. The smallest absolute Gasteiger partial charge is 0.250 e. The van der Waals surface area contributed by atoms with Gasteiger partial charge in [0.1, 0.15) is 5.52 Å². The first kappa shape index (κ1) is 7.71. The van der Waals surface area contributed by atoms with Gasteiger partial charge < -0.3 is 4.42 Å². The molecule has 1 aromatic heterocycles. The molecule has 0 aliphatic heterocycles. The lowest BCUT2D eigenvalue weighted by atomic mass is 10.3. The highest BCUT2D eigenvalue weighted by atomic mass is 35.5. The number of aromatic nitrogens is 1. The van der Waals surface area contributed by atoms with E-state index < -0.39 is 0 Å². The van der Waals surface area contributed by atoms with Gasteiger partial charge in [-0.3, -0.25) is 0 Å². The molecule has 0 aliphatic rings. The summed E-state index contributed by atoms with van der Waals surface area (Å²) < 4.78 is 5.40. The quantitative estimate of drug-likeness (QED) is 0.520. The second kappa shape index (κ2) is 2.84. The van der Waals surface area contributed by atoms with Gasteiger partial charge in [0.2, 0.25) is 5.89 Å². The van der Waals surface area contributed by atoms with Gasteiger partial charge in [0.25, 0.3) is 0 Å². The molecule has 0 spiro atoms. The first-order valence-electron chi connectivity index (χ1n) is 3.33. The lowest BCUT2D eigenvalue weighted by Gasteiger charge is -1.81. The number of halogens is 1. The zero-order chi connectivity index (χ0) is 8.55. The van der Waals surface area contributed by atoms with Crippen molar-refractivity contribution in [3.63, 3.8) is 0 Å². The van der Waals surface area contributed by atoms with Crippen LogP contribution in [0.15, 0.2) is 28.7 Å². The van der Waals surface area contributed by atoms with E-state index in [1.807, 2.05) is 24.3 Å². The van der Waals surface area contributed by atoms with Gasteiger partial charge in [0.05, 0.1) is 0 Å². The fraction of sp³-hybridized carbons (Fsp3) is 0. The maximum Gasteiger partial charge on any atom is 0.250 e. The SMILES string of the molecule is S=C(Cl)c1nc2ccccc2o1. The summed E-state index contributed by atoms with van der Waals surface area (Å²) in [4.78, 5) is 4.07. The topological polar surface area (TPSA) is 26.0 Å². The van der Waals surface area contributed by atoms with Crippen molar-refractivity contribution < 1.29 is 4.42 Å². The van der Waals surface area contributed by atoms with Gasteiger partial charge in [0, 0.05) is 0 Å². The summed E-state index contributed by atoms with van der Waals surface area (Å²) in [6.07, 6.45) is 0. The van der Waals surface area contributed by atoms with E-state index in [-0.39, 0.29) is 4.32 Å². The number of hydrogen-bond donors (Lipinski definition) is 0. The van der Waals surface area contributed by atoms with Crippen LogP contribution in [0.4, 0.5) is 0 Å². The predicted octanol–water partition coefficient (Wildman–Crippen LogP) is 2.74. The van der Waals surface area contributed by atoms with Crippen molar-refractivity contribution in [2.45, 2.75) is 0 Å². The average Bonchev–Trinajstić information content (AvgIpc) is 2.46. The van der Waals surface area contributed by atoms with Crippen molar-refractivity contribution in [2.75, 3.05) is 0 Å². The van der Waals surface area contributed by atoms with E-state index in [0.717, 1.165) is 5.52 Å². The van der Waals surface area contributed by atoms with Crippen molar-refractivity contribution >= 4 is 39.2 Å². The molecule has 0 radical (unpaired) electrons. The van der Waals surface area contributed by atoms with Crippen LogP contribution in [0.25, 0.3) is 11.1 Å². The van der Waals surface area contributed by atoms with Crippen molar-refractivity contribution in [3.05, 3.63) is 30.2 Å². The molecule has 0 atom stereocenters. The normalized spacial score (nSPS) is 10.4. The number of thiocarbonyl (C=S) groups is 1. The molecule has 4 heteroatoms. The Hall–Kier alpha value is -0.930. The summed E-state index contributed by atoms with van der Waals surface area (Å²) in [6, 6.07) is 7.42. The standard InChI is InChI=1S/C8H4ClNOS/c9-7(12)8-10-5-3-1-2-4-6(5)11-8/h1-4H. The second-order valence-electron chi connectivity index (χ2n) is 2.26. The Morgan fingerprint density at radius 3 is 2.83 bits per heavy atom. The Labute approximate surface area is 79.2 Å². The van der Waals surface area contributed by atoms with E-state index in [1.54, 1.807) is 0 Å². The van der Waals surface area contributed by atoms with Crippen molar-refractivity contribution in [1.82, 2.24) is 4.98 Å². The summed E-state index contributed by atoms with van der Waals surface area (Å²) in [5.41, 5.74) is 1.48. The second-order valence-corrected chi connectivity index (χ2v) is 3.27. The maximum atomic E-state index is 5.55. The third kappa shape index (κ3) is 1.21. The highest BCUT2D eigenvalue weighted by Crippen LogP contribution is 2.15. The van der Waals surface area contributed by atoms with Gasteiger partial charge in [-0.05, 0) is 12.1 Å². The highest BCUT2D eigenvalue weighted by molar-refractivity contribution is 7.83. The van der Waals surface area contributed by atoms with Crippen molar-refractivity contribution in [2.24, 2.45) is 0 Å². The number of rotatable bonds is 1. The molecule has 2 rings (SSSR count). The molecule has 0 saturated heterocycles. The Morgan fingerprint density at radius 1 is 1.42 bits per heavy atom. The fourth-order valence-electron chi connectivity index (χ4n) is 0.956. The molecule has 0 saturated carbocycles. The van der Waals surface area contributed by atoms with Crippen LogP contribution in [0.2, 0.25) is 0 Å². The Balaban J connectivity index is 2.70. The number of hydrogen-bond acceptors (Lipinski definition) is 3. The number of para-hydroxylation sites is 2. The molecule has 60 valence electrons. The van der Waals surface area contributed by atoms with Crippen LogP contribution < -0.4 is 0 Å². The zero-order valence-electron chi connectivity index (χ0n) is 5.95. The van der Waals surface area contributed by atoms with Crippen molar-refractivity contribution in [1.29, 1.82) is 0 Å². The van der Waals surface area contributed by atoms with Crippen LogP contribution in [-0.2, 0) is 0 Å². The minimum absolute atomic E-state index is 0.159. The number of nitrogens with zero attached hydrogens (tertiary/aromatic N) is 1. The lowest BCUT2D eigenvalue weighted by molar-refractivity contribution is 0.594. The highest BCUT2D eigenvalue weighted by Gasteiger charge is 2.06. The number of fused-ring (bicyclic) bond motifs is 1. The molecular formula is C8H4ClNOS. The van der Waals surface area contributed by atoms with E-state index in [1.165, 1.54) is 0 Å². The van der Waals surface area contributed by atoms with Crippen LogP contribution >= 0.6 is 23.8 Å². The Kier molecular flexibility index (Phi) is 1.83. The third-order valence-corrected chi connectivity index (χ3v) is 1.80. The minimum atomic E-state index is 0.159. The minimum Gasteiger partial charge on any atom is -0.435 e. The fourth-order valence-corrected chi connectivity index (χ4v) is 1.12. The number of benzene rings is 1. The molecule has 1 aromatic carbocycles.